The van der Waals surface area contributed by atoms with E-state index in [0.717, 1.165) is 78.0 Å². The summed E-state index contributed by atoms with van der Waals surface area (Å²) in [6.07, 6.45) is 3.65. The minimum absolute atomic E-state index is 0.805. The predicted molar refractivity (Wildman–Crippen MR) is 177 cm³/mol. The average molecular weight is 565 g/mol. The van der Waals surface area contributed by atoms with E-state index in [1.165, 1.54) is 0 Å². The first-order valence-corrected chi connectivity index (χ1v) is 14.6. The first kappa shape index (κ1) is 24.5. The molecule has 0 aliphatic heterocycles. The highest BCUT2D eigenvalue weighted by atomic mass is 15.1. The second-order valence-corrected chi connectivity index (χ2v) is 10.8. The Bertz CT molecular complexity index is 2420. The Morgan fingerprint density at radius 1 is 0.386 bits per heavy atom. The van der Waals surface area contributed by atoms with Gasteiger partial charge in [0.2, 0.25) is 0 Å². The highest BCUT2D eigenvalue weighted by Crippen LogP contribution is 2.37. The van der Waals surface area contributed by atoms with Gasteiger partial charge in [0.1, 0.15) is 27.9 Å². The van der Waals surface area contributed by atoms with Crippen LogP contribution in [0.3, 0.4) is 0 Å². The number of hydrogen-bond acceptors (Lipinski definition) is 4. The molecule has 206 valence electrons. The molecule has 6 nitrogen and oxygen atoms in total. The molecule has 0 aliphatic carbocycles. The summed E-state index contributed by atoms with van der Waals surface area (Å²) in [6.45, 7) is 0. The van der Waals surface area contributed by atoms with Crippen molar-refractivity contribution in [3.8, 4) is 33.9 Å². The van der Waals surface area contributed by atoms with Crippen LogP contribution < -0.4 is 0 Å². The smallest absolute Gasteiger partial charge is 0.139 e. The zero-order valence-electron chi connectivity index (χ0n) is 23.5. The Morgan fingerprint density at radius 2 is 0.955 bits per heavy atom. The van der Waals surface area contributed by atoms with Gasteiger partial charge in [-0.15, -0.1) is 0 Å². The molecule has 0 saturated carbocycles. The van der Waals surface area contributed by atoms with E-state index in [-0.39, 0.29) is 0 Å². The Labute approximate surface area is 252 Å². The van der Waals surface area contributed by atoms with Crippen LogP contribution >= 0.6 is 0 Å². The van der Waals surface area contributed by atoms with Gasteiger partial charge in [-0.05, 0) is 65.7 Å². The Kier molecular flexibility index (Phi) is 5.40. The molecule has 0 N–H and O–H groups in total. The molecule has 6 aromatic heterocycles. The van der Waals surface area contributed by atoms with Crippen LogP contribution in [-0.2, 0) is 0 Å². The second kappa shape index (κ2) is 9.71. The zero-order chi connectivity index (χ0) is 29.0. The fraction of sp³-hybridized carbons (Fsp3) is 0. The lowest BCUT2D eigenvalue weighted by Gasteiger charge is -2.13. The summed E-state index contributed by atoms with van der Waals surface area (Å²) in [5.41, 5.74) is 12.4. The number of fused-ring (bicyclic) bond motifs is 6. The summed E-state index contributed by atoms with van der Waals surface area (Å²) < 4.78 is 4.44. The van der Waals surface area contributed by atoms with Crippen LogP contribution in [-0.4, -0.2) is 29.1 Å². The van der Waals surface area contributed by atoms with Crippen LogP contribution in [0.2, 0.25) is 0 Å². The summed E-state index contributed by atoms with van der Waals surface area (Å²) in [6, 6.07) is 45.8. The molecule has 0 bridgehead atoms. The van der Waals surface area contributed by atoms with Crippen molar-refractivity contribution < 1.29 is 0 Å². The Morgan fingerprint density at radius 3 is 1.61 bits per heavy atom. The summed E-state index contributed by atoms with van der Waals surface area (Å²) in [7, 11) is 0. The lowest BCUT2D eigenvalue weighted by atomic mass is 10.0. The van der Waals surface area contributed by atoms with E-state index in [1.54, 1.807) is 0 Å². The number of benzene rings is 3. The van der Waals surface area contributed by atoms with Gasteiger partial charge in [0.15, 0.2) is 0 Å². The lowest BCUT2D eigenvalue weighted by molar-refractivity contribution is 1.08. The fourth-order valence-corrected chi connectivity index (χ4v) is 6.25. The molecule has 0 radical (unpaired) electrons. The van der Waals surface area contributed by atoms with Gasteiger partial charge in [0.25, 0.3) is 0 Å². The zero-order valence-corrected chi connectivity index (χ0v) is 23.5. The van der Waals surface area contributed by atoms with E-state index in [9.17, 15) is 0 Å². The maximum atomic E-state index is 5.29. The van der Waals surface area contributed by atoms with Gasteiger partial charge in [-0.1, -0.05) is 78.9 Å². The van der Waals surface area contributed by atoms with Gasteiger partial charge in [-0.3, -0.25) is 14.5 Å². The quantitative estimate of drug-likeness (QED) is 0.214. The molecule has 0 fully saturated rings. The molecule has 6 heteroatoms. The van der Waals surface area contributed by atoms with Crippen LogP contribution in [0.15, 0.2) is 146 Å². The minimum atomic E-state index is 0.805. The molecule has 3 aromatic carbocycles. The van der Waals surface area contributed by atoms with Crippen molar-refractivity contribution in [2.75, 3.05) is 0 Å². The average Bonchev–Trinajstić information content (AvgIpc) is 3.60. The standard InChI is InChI=1S/C38H24N6/c1-4-12-25(13-5-1)27-22-29(26-14-6-2-7-15-26)41-34(23-27)44-31-19-11-21-40-36(31)38-33(44)24-32-37(42-38)35-30(18-10-20-39-35)43(32)28-16-8-3-9-17-28/h1-24H. The largest absolute Gasteiger partial charge is 0.306 e. The van der Waals surface area contributed by atoms with Crippen molar-refractivity contribution in [1.82, 2.24) is 29.1 Å². The number of para-hydroxylation sites is 1. The maximum Gasteiger partial charge on any atom is 0.139 e. The van der Waals surface area contributed by atoms with Gasteiger partial charge in [-0.25, -0.2) is 9.97 Å². The monoisotopic (exact) mass is 564 g/mol. The molecule has 0 amide bonds. The lowest BCUT2D eigenvalue weighted by Crippen LogP contribution is -2.01. The highest BCUT2D eigenvalue weighted by molar-refractivity contribution is 6.13. The van der Waals surface area contributed by atoms with Crippen LogP contribution in [0, 0.1) is 0 Å². The maximum absolute atomic E-state index is 5.29. The minimum Gasteiger partial charge on any atom is -0.306 e. The second-order valence-electron chi connectivity index (χ2n) is 10.8. The summed E-state index contributed by atoms with van der Waals surface area (Å²) in [5.74, 6) is 0.805. The fourth-order valence-electron chi connectivity index (χ4n) is 6.25. The van der Waals surface area contributed by atoms with Crippen molar-refractivity contribution in [3.63, 3.8) is 0 Å². The van der Waals surface area contributed by atoms with E-state index < -0.39 is 0 Å². The number of aromatic nitrogens is 6. The highest BCUT2D eigenvalue weighted by Gasteiger charge is 2.22. The van der Waals surface area contributed by atoms with Gasteiger partial charge < -0.3 is 4.57 Å². The third kappa shape index (κ3) is 3.75. The summed E-state index contributed by atoms with van der Waals surface area (Å²) in [4.78, 5) is 20.2. The van der Waals surface area contributed by atoms with Crippen LogP contribution in [0.4, 0.5) is 0 Å². The SMILES string of the molecule is c1ccc(-c2cc(-c3ccccc3)nc(-n3c4cccnc4c4nc5c6ncccc6n(-c6ccccc6)c5cc43)c2)cc1. The van der Waals surface area contributed by atoms with E-state index in [2.05, 4.69) is 100 Å². The molecule has 9 rings (SSSR count). The summed E-state index contributed by atoms with van der Waals surface area (Å²) >= 11 is 0. The van der Waals surface area contributed by atoms with Crippen molar-refractivity contribution in [2.24, 2.45) is 0 Å². The van der Waals surface area contributed by atoms with Gasteiger partial charge in [0, 0.05) is 23.6 Å². The van der Waals surface area contributed by atoms with Crippen molar-refractivity contribution >= 4 is 44.1 Å². The Hall–Kier alpha value is -6.14. The number of hydrogen-bond donors (Lipinski definition) is 0. The van der Waals surface area contributed by atoms with E-state index in [1.807, 2.05) is 54.9 Å². The van der Waals surface area contributed by atoms with E-state index >= 15 is 0 Å². The molecule has 0 unspecified atom stereocenters. The van der Waals surface area contributed by atoms with E-state index in [0.29, 0.717) is 0 Å². The van der Waals surface area contributed by atoms with Gasteiger partial charge >= 0.3 is 0 Å². The van der Waals surface area contributed by atoms with Crippen molar-refractivity contribution in [1.29, 1.82) is 0 Å². The van der Waals surface area contributed by atoms with Gasteiger partial charge in [-0.2, -0.15) is 0 Å². The molecule has 6 heterocycles. The summed E-state index contributed by atoms with van der Waals surface area (Å²) in [5, 5.41) is 0. The van der Waals surface area contributed by atoms with Crippen LogP contribution in [0.5, 0.6) is 0 Å². The molecule has 0 atom stereocenters. The number of pyridine rings is 4. The third-order valence-corrected chi connectivity index (χ3v) is 8.20. The number of nitrogens with zero attached hydrogens (tertiary/aromatic N) is 6. The first-order chi connectivity index (χ1) is 21.8. The van der Waals surface area contributed by atoms with Crippen LogP contribution in [0.1, 0.15) is 0 Å². The van der Waals surface area contributed by atoms with Crippen molar-refractivity contribution in [3.05, 3.63) is 146 Å². The number of rotatable bonds is 4. The molecule has 44 heavy (non-hydrogen) atoms. The molecular formula is C38H24N6. The molecule has 0 spiro atoms. The third-order valence-electron chi connectivity index (χ3n) is 8.20. The van der Waals surface area contributed by atoms with Crippen LogP contribution in [0.25, 0.3) is 78.0 Å². The van der Waals surface area contributed by atoms with Gasteiger partial charge in [0.05, 0.1) is 27.8 Å². The molecular weight excluding hydrogens is 540 g/mol. The molecule has 0 aliphatic rings. The Balaban J connectivity index is 1.41. The normalized spacial score (nSPS) is 11.6. The predicted octanol–water partition coefficient (Wildman–Crippen LogP) is 8.79. The van der Waals surface area contributed by atoms with Crippen molar-refractivity contribution in [2.45, 2.75) is 0 Å². The molecule has 0 saturated heterocycles. The topological polar surface area (TPSA) is 61.4 Å². The molecule has 9 aromatic rings. The van der Waals surface area contributed by atoms with E-state index in [4.69, 9.17) is 19.9 Å². The first-order valence-electron chi connectivity index (χ1n) is 14.6.